The van der Waals surface area contributed by atoms with E-state index in [0.717, 1.165) is 17.7 Å². The molecule has 0 fully saturated rings. The molecule has 2 aromatic rings. The largest absolute Gasteiger partial charge is 0.485 e. The fourth-order valence-electron chi connectivity index (χ4n) is 1.87. The average Bonchev–Trinajstić information content (AvgIpc) is 2.47. The molecular weight excluding hydrogens is 295 g/mol. The molecule has 0 saturated carbocycles. The molecule has 4 heteroatoms. The van der Waals surface area contributed by atoms with E-state index in [1.54, 1.807) is 18.2 Å². The molecule has 0 radical (unpaired) electrons. The van der Waals surface area contributed by atoms with Gasteiger partial charge in [0.2, 0.25) is 5.78 Å². The molecule has 0 aliphatic carbocycles. The van der Waals surface area contributed by atoms with Crippen LogP contribution in [0.4, 0.5) is 0 Å². The summed E-state index contributed by atoms with van der Waals surface area (Å²) in [5.41, 5.74) is 1.45. The summed E-state index contributed by atoms with van der Waals surface area (Å²) in [5.74, 6) is 0.532. The van der Waals surface area contributed by atoms with Gasteiger partial charge >= 0.3 is 0 Å². The first-order valence-electron chi connectivity index (χ1n) is 6.30. The molecule has 0 unspecified atom stereocenters. The first kappa shape index (κ1) is 14.9. The second-order valence-corrected chi connectivity index (χ2v) is 5.14. The van der Waals surface area contributed by atoms with Crippen molar-refractivity contribution < 1.29 is 9.53 Å². The van der Waals surface area contributed by atoms with Crippen molar-refractivity contribution in [3.63, 3.8) is 0 Å². The monoisotopic (exact) mass is 308 g/mol. The molecule has 0 saturated heterocycles. The molecule has 0 aliphatic heterocycles. The number of halogens is 2. The van der Waals surface area contributed by atoms with Crippen LogP contribution in [0.1, 0.15) is 22.8 Å². The van der Waals surface area contributed by atoms with Crippen molar-refractivity contribution in [2.24, 2.45) is 0 Å². The van der Waals surface area contributed by atoms with E-state index in [2.05, 4.69) is 0 Å². The Hall–Kier alpha value is -1.51. The molecule has 0 spiro atoms. The lowest BCUT2D eigenvalue weighted by Gasteiger charge is -2.10. The van der Waals surface area contributed by atoms with Gasteiger partial charge in [0.05, 0.1) is 5.02 Å². The number of aryl methyl sites for hydroxylation is 1. The van der Waals surface area contributed by atoms with Gasteiger partial charge in [-0.1, -0.05) is 48.3 Å². The summed E-state index contributed by atoms with van der Waals surface area (Å²) in [4.78, 5) is 12.1. The van der Waals surface area contributed by atoms with E-state index in [-0.39, 0.29) is 12.4 Å². The topological polar surface area (TPSA) is 26.3 Å². The van der Waals surface area contributed by atoms with Crippen LogP contribution in [0.2, 0.25) is 10.0 Å². The molecule has 104 valence electrons. The lowest BCUT2D eigenvalue weighted by atomic mass is 10.1. The van der Waals surface area contributed by atoms with E-state index in [0.29, 0.717) is 15.6 Å². The molecule has 0 amide bonds. The first-order chi connectivity index (χ1) is 9.61. The zero-order chi connectivity index (χ0) is 14.5. The van der Waals surface area contributed by atoms with E-state index >= 15 is 0 Å². The number of carbonyl (C=O) groups excluding carboxylic acids is 1. The second-order valence-electron chi connectivity index (χ2n) is 4.30. The van der Waals surface area contributed by atoms with Gasteiger partial charge in [-0.3, -0.25) is 4.79 Å². The first-order valence-corrected chi connectivity index (χ1v) is 7.06. The van der Waals surface area contributed by atoms with Crippen LogP contribution in [0.5, 0.6) is 5.75 Å². The van der Waals surface area contributed by atoms with Crippen molar-refractivity contribution in [2.75, 3.05) is 6.61 Å². The van der Waals surface area contributed by atoms with Gasteiger partial charge < -0.3 is 4.74 Å². The van der Waals surface area contributed by atoms with Crippen LogP contribution in [0.15, 0.2) is 42.5 Å². The number of rotatable bonds is 5. The maximum Gasteiger partial charge on any atom is 0.201 e. The number of ketones is 1. The summed E-state index contributed by atoms with van der Waals surface area (Å²) in [6, 6.07) is 12.5. The highest BCUT2D eigenvalue weighted by atomic mass is 35.5. The lowest BCUT2D eigenvalue weighted by molar-refractivity contribution is 0.0921. The zero-order valence-electron chi connectivity index (χ0n) is 11.0. The van der Waals surface area contributed by atoms with Gasteiger partial charge in [-0.05, 0) is 36.2 Å². The minimum absolute atomic E-state index is 0.0585. The Morgan fingerprint density at radius 3 is 2.65 bits per heavy atom. The highest BCUT2D eigenvalue weighted by molar-refractivity contribution is 6.35. The summed E-state index contributed by atoms with van der Waals surface area (Å²) in [5, 5.41) is 0.860. The van der Waals surface area contributed by atoms with Crippen molar-refractivity contribution in [2.45, 2.75) is 13.3 Å². The smallest absolute Gasteiger partial charge is 0.201 e. The normalized spacial score (nSPS) is 10.3. The number of carbonyl (C=O) groups is 1. The standard InChI is InChI=1S/C16H14Cl2O2/c1-2-11-5-3-4-6-16(11)20-10-15(19)13-9-12(17)7-8-14(13)18/h3-9H,2,10H2,1H3. The number of para-hydroxylation sites is 1. The summed E-state index contributed by atoms with van der Waals surface area (Å²) in [6.07, 6.45) is 0.849. The maximum absolute atomic E-state index is 12.1. The third-order valence-electron chi connectivity index (χ3n) is 2.94. The van der Waals surface area contributed by atoms with E-state index in [1.807, 2.05) is 31.2 Å². The van der Waals surface area contributed by atoms with E-state index < -0.39 is 0 Å². The second kappa shape index (κ2) is 6.78. The van der Waals surface area contributed by atoms with Crippen LogP contribution in [0.3, 0.4) is 0 Å². The molecule has 0 aliphatic rings. The van der Waals surface area contributed by atoms with Gasteiger partial charge in [0.15, 0.2) is 6.61 Å². The van der Waals surface area contributed by atoms with Gasteiger partial charge in [-0.2, -0.15) is 0 Å². The number of benzene rings is 2. The minimum Gasteiger partial charge on any atom is -0.485 e. The van der Waals surface area contributed by atoms with E-state index in [1.165, 1.54) is 0 Å². The molecular formula is C16H14Cl2O2. The van der Waals surface area contributed by atoms with Crippen LogP contribution in [0.25, 0.3) is 0 Å². The lowest BCUT2D eigenvalue weighted by Crippen LogP contribution is -2.12. The van der Waals surface area contributed by atoms with Gasteiger partial charge in [-0.25, -0.2) is 0 Å². The highest BCUT2D eigenvalue weighted by Crippen LogP contribution is 2.22. The van der Waals surface area contributed by atoms with Crippen molar-refractivity contribution in [1.82, 2.24) is 0 Å². The van der Waals surface area contributed by atoms with Gasteiger partial charge in [0, 0.05) is 10.6 Å². The quantitative estimate of drug-likeness (QED) is 0.740. The zero-order valence-corrected chi connectivity index (χ0v) is 12.5. The number of ether oxygens (including phenoxy) is 1. The molecule has 2 aromatic carbocycles. The van der Waals surface area contributed by atoms with Crippen molar-refractivity contribution in [1.29, 1.82) is 0 Å². The Bertz CT molecular complexity index is 624. The molecule has 0 atom stereocenters. The molecule has 2 rings (SSSR count). The average molecular weight is 309 g/mol. The van der Waals surface area contributed by atoms with Crippen LogP contribution in [-0.4, -0.2) is 12.4 Å². The Labute approximate surface area is 128 Å². The Balaban J connectivity index is 2.11. The molecule has 0 aromatic heterocycles. The summed E-state index contributed by atoms with van der Waals surface area (Å²) in [6.45, 7) is 1.98. The van der Waals surface area contributed by atoms with Gasteiger partial charge in [-0.15, -0.1) is 0 Å². The Kier molecular flexibility index (Phi) is 5.05. The molecule has 0 bridgehead atoms. The third-order valence-corrected chi connectivity index (χ3v) is 3.51. The van der Waals surface area contributed by atoms with Crippen molar-refractivity contribution in [3.05, 3.63) is 63.6 Å². The molecule has 2 nitrogen and oxygen atoms in total. The number of Topliss-reactive ketones (excluding diaryl/α,β-unsaturated/α-hetero) is 1. The fraction of sp³-hybridized carbons (Fsp3) is 0.188. The highest BCUT2D eigenvalue weighted by Gasteiger charge is 2.12. The van der Waals surface area contributed by atoms with Crippen molar-refractivity contribution >= 4 is 29.0 Å². The van der Waals surface area contributed by atoms with Crippen LogP contribution in [-0.2, 0) is 6.42 Å². The summed E-state index contributed by atoms with van der Waals surface area (Å²) in [7, 11) is 0. The maximum atomic E-state index is 12.1. The van der Waals surface area contributed by atoms with E-state index in [9.17, 15) is 4.79 Å². The molecule has 0 heterocycles. The van der Waals surface area contributed by atoms with Gasteiger partial charge in [0.1, 0.15) is 5.75 Å². The third kappa shape index (κ3) is 3.53. The number of hydrogen-bond acceptors (Lipinski definition) is 2. The summed E-state index contributed by atoms with van der Waals surface area (Å²) < 4.78 is 5.59. The van der Waals surface area contributed by atoms with E-state index in [4.69, 9.17) is 27.9 Å². The van der Waals surface area contributed by atoms with Crippen LogP contribution in [0, 0.1) is 0 Å². The van der Waals surface area contributed by atoms with Crippen LogP contribution >= 0.6 is 23.2 Å². The van der Waals surface area contributed by atoms with Gasteiger partial charge in [0.25, 0.3) is 0 Å². The summed E-state index contributed by atoms with van der Waals surface area (Å²) >= 11 is 11.9. The molecule has 0 N–H and O–H groups in total. The number of hydrogen-bond donors (Lipinski definition) is 0. The predicted octanol–water partition coefficient (Wildman–Crippen LogP) is 4.82. The SMILES string of the molecule is CCc1ccccc1OCC(=O)c1cc(Cl)ccc1Cl. The molecule has 20 heavy (non-hydrogen) atoms. The Morgan fingerprint density at radius 1 is 1.15 bits per heavy atom. The van der Waals surface area contributed by atoms with Crippen LogP contribution < -0.4 is 4.74 Å². The predicted molar refractivity (Wildman–Crippen MR) is 82.1 cm³/mol. The fourth-order valence-corrected chi connectivity index (χ4v) is 2.26. The Morgan fingerprint density at radius 2 is 1.90 bits per heavy atom. The minimum atomic E-state index is -0.191. The van der Waals surface area contributed by atoms with Crippen molar-refractivity contribution in [3.8, 4) is 5.75 Å².